The molecular weight excluding hydrogens is 272 g/mol. The van der Waals surface area contributed by atoms with E-state index in [1.165, 1.54) is 6.42 Å². The molecule has 3 atom stereocenters. The molecule has 3 rings (SSSR count). The molecule has 8 heteroatoms. The lowest BCUT2D eigenvalue weighted by molar-refractivity contribution is -0.0548. The van der Waals surface area contributed by atoms with Crippen LogP contribution in [0.25, 0.3) is 0 Å². The quantitative estimate of drug-likeness (QED) is 0.883. The molecule has 2 saturated heterocycles. The molecule has 2 aliphatic heterocycles. The number of rotatable bonds is 4. The zero-order valence-corrected chi connectivity index (χ0v) is 10.9. The maximum atomic E-state index is 12.3. The van der Waals surface area contributed by atoms with Crippen LogP contribution in [0.3, 0.4) is 0 Å². The number of morpholine rings is 1. The molecular formula is C12H17F2N3O3. The summed E-state index contributed by atoms with van der Waals surface area (Å²) in [7, 11) is 0. The number of halogens is 2. The Labute approximate surface area is 114 Å². The summed E-state index contributed by atoms with van der Waals surface area (Å²) in [5.74, 6) is 0.381. The Hall–Kier alpha value is -1.12. The van der Waals surface area contributed by atoms with Crippen LogP contribution in [0, 0.1) is 0 Å². The third-order valence-corrected chi connectivity index (χ3v) is 3.84. The SMILES string of the molecule is OC(Cc1nc(C2CN3CCCC3CO2)no1)C(F)F. The largest absolute Gasteiger partial charge is 0.387 e. The predicted octanol–water partition coefficient (Wildman–Crippen LogP) is 0.774. The Bertz CT molecular complexity index is 457. The summed E-state index contributed by atoms with van der Waals surface area (Å²) in [6.07, 6.45) is -2.92. The maximum absolute atomic E-state index is 12.3. The number of aromatic nitrogens is 2. The summed E-state index contributed by atoms with van der Waals surface area (Å²) in [4.78, 5) is 6.38. The molecule has 112 valence electrons. The molecule has 3 unspecified atom stereocenters. The topological polar surface area (TPSA) is 71.6 Å². The normalized spacial score (nSPS) is 28.8. The van der Waals surface area contributed by atoms with Crippen molar-refractivity contribution in [3.05, 3.63) is 11.7 Å². The van der Waals surface area contributed by atoms with Gasteiger partial charge in [0, 0.05) is 12.6 Å². The molecule has 0 radical (unpaired) electrons. The summed E-state index contributed by atoms with van der Waals surface area (Å²) in [6, 6.07) is 0.471. The van der Waals surface area contributed by atoms with Gasteiger partial charge in [-0.3, -0.25) is 4.90 Å². The van der Waals surface area contributed by atoms with E-state index >= 15 is 0 Å². The summed E-state index contributed by atoms with van der Waals surface area (Å²) in [5, 5.41) is 12.9. The minimum absolute atomic E-state index is 0.0138. The van der Waals surface area contributed by atoms with Gasteiger partial charge >= 0.3 is 0 Å². The van der Waals surface area contributed by atoms with Crippen molar-refractivity contribution >= 4 is 0 Å². The van der Waals surface area contributed by atoms with E-state index in [-0.39, 0.29) is 18.4 Å². The third-order valence-electron chi connectivity index (χ3n) is 3.84. The van der Waals surface area contributed by atoms with Crippen molar-refractivity contribution in [3.63, 3.8) is 0 Å². The van der Waals surface area contributed by atoms with E-state index in [2.05, 4.69) is 15.0 Å². The van der Waals surface area contributed by atoms with Gasteiger partial charge in [0.15, 0.2) is 0 Å². The number of aliphatic hydroxyl groups excluding tert-OH is 1. The van der Waals surface area contributed by atoms with Gasteiger partial charge in [0.25, 0.3) is 6.43 Å². The molecule has 2 aliphatic rings. The zero-order valence-electron chi connectivity index (χ0n) is 10.9. The van der Waals surface area contributed by atoms with Gasteiger partial charge in [-0.1, -0.05) is 5.16 Å². The second-order valence-electron chi connectivity index (χ2n) is 5.27. The van der Waals surface area contributed by atoms with Gasteiger partial charge in [-0.2, -0.15) is 4.98 Å². The van der Waals surface area contributed by atoms with Gasteiger partial charge in [0.1, 0.15) is 12.2 Å². The highest BCUT2D eigenvalue weighted by atomic mass is 19.3. The molecule has 6 nitrogen and oxygen atoms in total. The van der Waals surface area contributed by atoms with Gasteiger partial charge in [0.2, 0.25) is 11.7 Å². The van der Waals surface area contributed by atoms with Crippen LogP contribution in [0.5, 0.6) is 0 Å². The van der Waals surface area contributed by atoms with Crippen molar-refractivity contribution in [1.82, 2.24) is 15.0 Å². The molecule has 0 spiro atoms. The molecule has 1 aromatic heterocycles. The van der Waals surface area contributed by atoms with E-state index in [9.17, 15) is 8.78 Å². The Morgan fingerprint density at radius 1 is 1.45 bits per heavy atom. The molecule has 2 fully saturated rings. The first kappa shape index (κ1) is 13.8. The van der Waals surface area contributed by atoms with E-state index in [4.69, 9.17) is 14.4 Å². The van der Waals surface area contributed by atoms with Crippen LogP contribution in [-0.2, 0) is 11.2 Å². The lowest BCUT2D eigenvalue weighted by Crippen LogP contribution is -2.42. The second-order valence-corrected chi connectivity index (χ2v) is 5.27. The van der Waals surface area contributed by atoms with Crippen LogP contribution in [0.2, 0.25) is 0 Å². The minimum Gasteiger partial charge on any atom is -0.387 e. The Kier molecular flexibility index (Phi) is 3.95. The van der Waals surface area contributed by atoms with Crippen LogP contribution >= 0.6 is 0 Å². The summed E-state index contributed by atoms with van der Waals surface area (Å²) in [5.41, 5.74) is 0. The van der Waals surface area contributed by atoms with E-state index in [1.807, 2.05) is 0 Å². The number of hydrogen-bond donors (Lipinski definition) is 1. The van der Waals surface area contributed by atoms with Crippen molar-refractivity contribution in [3.8, 4) is 0 Å². The standard InChI is InChI=1S/C12H17F2N3O3/c13-11(14)8(18)4-10-15-12(16-20-10)9-5-17-3-1-2-7(17)6-19-9/h7-9,11,18H,1-6H2. The summed E-state index contributed by atoms with van der Waals surface area (Å²) >= 11 is 0. The van der Waals surface area contributed by atoms with Crippen molar-refractivity contribution in [2.45, 2.75) is 43.9 Å². The lowest BCUT2D eigenvalue weighted by Gasteiger charge is -2.33. The highest BCUT2D eigenvalue weighted by Gasteiger charge is 2.35. The first-order valence-corrected chi connectivity index (χ1v) is 6.78. The van der Waals surface area contributed by atoms with Crippen molar-refractivity contribution in [1.29, 1.82) is 0 Å². The van der Waals surface area contributed by atoms with Crippen LogP contribution in [0.15, 0.2) is 4.52 Å². The van der Waals surface area contributed by atoms with Crippen LogP contribution in [-0.4, -0.2) is 58.4 Å². The predicted molar refractivity (Wildman–Crippen MR) is 63.3 cm³/mol. The molecule has 1 N–H and O–H groups in total. The Morgan fingerprint density at radius 3 is 3.10 bits per heavy atom. The van der Waals surface area contributed by atoms with E-state index < -0.39 is 12.5 Å². The smallest absolute Gasteiger partial charge is 0.264 e. The second kappa shape index (κ2) is 5.71. The molecule has 0 aromatic carbocycles. The van der Waals surface area contributed by atoms with E-state index in [1.54, 1.807) is 0 Å². The van der Waals surface area contributed by atoms with E-state index in [0.29, 0.717) is 25.0 Å². The molecule has 3 heterocycles. The van der Waals surface area contributed by atoms with Gasteiger partial charge in [-0.05, 0) is 19.4 Å². The van der Waals surface area contributed by atoms with Gasteiger partial charge < -0.3 is 14.4 Å². The van der Waals surface area contributed by atoms with Crippen LogP contribution in [0.1, 0.15) is 30.7 Å². The first-order chi connectivity index (χ1) is 9.63. The number of nitrogens with zero attached hydrogens (tertiary/aromatic N) is 3. The molecule has 0 saturated carbocycles. The number of alkyl halides is 2. The third kappa shape index (κ3) is 2.82. The fourth-order valence-corrected chi connectivity index (χ4v) is 2.72. The maximum Gasteiger partial charge on any atom is 0.264 e. The Morgan fingerprint density at radius 2 is 2.30 bits per heavy atom. The summed E-state index contributed by atoms with van der Waals surface area (Å²) in [6.45, 7) is 2.37. The molecule has 0 aliphatic carbocycles. The lowest BCUT2D eigenvalue weighted by atomic mass is 10.2. The first-order valence-electron chi connectivity index (χ1n) is 6.78. The van der Waals surface area contributed by atoms with Gasteiger partial charge in [-0.25, -0.2) is 8.78 Å². The molecule has 0 bridgehead atoms. The zero-order chi connectivity index (χ0) is 14.1. The highest BCUT2D eigenvalue weighted by molar-refractivity contribution is 4.97. The number of fused-ring (bicyclic) bond motifs is 1. The number of hydrogen-bond acceptors (Lipinski definition) is 6. The average Bonchev–Trinajstić information content (AvgIpc) is 3.05. The number of ether oxygens (including phenoxy) is 1. The monoisotopic (exact) mass is 289 g/mol. The van der Waals surface area contributed by atoms with Gasteiger partial charge in [-0.15, -0.1) is 0 Å². The Balaban J connectivity index is 1.62. The van der Waals surface area contributed by atoms with Crippen molar-refractivity contribution in [2.75, 3.05) is 19.7 Å². The fourth-order valence-electron chi connectivity index (χ4n) is 2.72. The molecule has 20 heavy (non-hydrogen) atoms. The molecule has 0 amide bonds. The van der Waals surface area contributed by atoms with Crippen molar-refractivity contribution in [2.24, 2.45) is 0 Å². The van der Waals surface area contributed by atoms with Crippen LogP contribution < -0.4 is 0 Å². The van der Waals surface area contributed by atoms with E-state index in [0.717, 1.165) is 13.0 Å². The average molecular weight is 289 g/mol. The van der Waals surface area contributed by atoms with Gasteiger partial charge in [0.05, 0.1) is 13.0 Å². The fraction of sp³-hybridized carbons (Fsp3) is 0.833. The van der Waals surface area contributed by atoms with Crippen LogP contribution in [0.4, 0.5) is 8.78 Å². The molecule has 1 aromatic rings. The number of aliphatic hydroxyl groups is 1. The minimum atomic E-state index is -2.82. The highest BCUT2D eigenvalue weighted by Crippen LogP contribution is 2.28. The summed E-state index contributed by atoms with van der Waals surface area (Å²) < 4.78 is 35.1. The van der Waals surface area contributed by atoms with Crippen molar-refractivity contribution < 1.29 is 23.1 Å².